The van der Waals surface area contributed by atoms with Gasteiger partial charge in [-0.15, -0.1) is 0 Å². The van der Waals surface area contributed by atoms with Crippen molar-refractivity contribution in [1.29, 1.82) is 0 Å². The Balaban J connectivity index is 1.70. The van der Waals surface area contributed by atoms with E-state index in [0.717, 1.165) is 54.1 Å². The molecular weight excluding hydrogens is 300 g/mol. The van der Waals surface area contributed by atoms with Crippen LogP contribution >= 0.6 is 11.6 Å². The molecule has 1 fully saturated rings. The number of aliphatic hydroxyl groups excluding tert-OH is 1. The van der Waals surface area contributed by atoms with Gasteiger partial charge in [-0.1, -0.05) is 17.7 Å². The summed E-state index contributed by atoms with van der Waals surface area (Å²) in [4.78, 5) is 4.45. The third-order valence-electron chi connectivity index (χ3n) is 4.50. The molecule has 1 aliphatic heterocycles. The molecule has 1 saturated heterocycles. The van der Waals surface area contributed by atoms with Gasteiger partial charge in [0.2, 0.25) is 0 Å². The molecule has 2 aromatic rings. The molecule has 0 bridgehead atoms. The molecule has 0 aliphatic carbocycles. The molecule has 0 unspecified atom stereocenters. The smallest absolute Gasteiger partial charge is 0.0761 e. The molecule has 2 heterocycles. The van der Waals surface area contributed by atoms with Crippen LogP contribution in [0.2, 0.25) is 5.02 Å². The molecule has 3 rings (SSSR count). The van der Waals surface area contributed by atoms with Gasteiger partial charge in [-0.2, -0.15) is 0 Å². The maximum atomic E-state index is 9.72. The number of halogens is 1. The quantitative estimate of drug-likeness (QED) is 0.889. The van der Waals surface area contributed by atoms with E-state index in [-0.39, 0.29) is 12.0 Å². The number of ether oxygens (including phenoxy) is 1. The summed E-state index contributed by atoms with van der Waals surface area (Å²) in [6.07, 6.45) is 3.59. The summed E-state index contributed by atoms with van der Waals surface area (Å²) in [6.45, 7) is 3.15. The maximum Gasteiger partial charge on any atom is 0.0761 e. The molecule has 22 heavy (non-hydrogen) atoms. The predicted molar refractivity (Wildman–Crippen MR) is 88.0 cm³/mol. The van der Waals surface area contributed by atoms with Crippen LogP contribution < -0.4 is 5.32 Å². The molecule has 0 atom stereocenters. The summed E-state index contributed by atoms with van der Waals surface area (Å²) in [5.41, 5.74) is 2.00. The second-order valence-corrected chi connectivity index (χ2v) is 6.39. The lowest BCUT2D eigenvalue weighted by atomic mass is 9.81. The Hall–Kier alpha value is -1.20. The van der Waals surface area contributed by atoms with E-state index in [4.69, 9.17) is 16.3 Å². The third kappa shape index (κ3) is 3.25. The number of aromatic nitrogens is 1. The first-order valence-corrected chi connectivity index (χ1v) is 8.03. The molecule has 5 heteroatoms. The van der Waals surface area contributed by atoms with E-state index in [2.05, 4.69) is 10.3 Å². The molecule has 1 aromatic heterocycles. The van der Waals surface area contributed by atoms with Gasteiger partial charge in [-0.25, -0.2) is 0 Å². The summed E-state index contributed by atoms with van der Waals surface area (Å²) in [5.74, 6) is 0. The van der Waals surface area contributed by atoms with Crippen LogP contribution in [0.15, 0.2) is 30.5 Å². The van der Waals surface area contributed by atoms with Crippen molar-refractivity contribution < 1.29 is 9.84 Å². The summed E-state index contributed by atoms with van der Waals surface area (Å²) in [7, 11) is 0. The first kappa shape index (κ1) is 15.7. The predicted octanol–water partition coefficient (Wildman–Crippen LogP) is 2.77. The largest absolute Gasteiger partial charge is 0.396 e. The van der Waals surface area contributed by atoms with Gasteiger partial charge in [0.05, 0.1) is 12.1 Å². The minimum absolute atomic E-state index is 0.0616. The number of rotatable bonds is 5. The van der Waals surface area contributed by atoms with Crippen LogP contribution in [0, 0.1) is 5.41 Å². The zero-order chi connectivity index (χ0) is 15.4. The van der Waals surface area contributed by atoms with E-state index in [1.807, 2.05) is 24.3 Å². The van der Waals surface area contributed by atoms with Crippen molar-refractivity contribution in [2.24, 2.45) is 5.41 Å². The highest BCUT2D eigenvalue weighted by Crippen LogP contribution is 2.29. The van der Waals surface area contributed by atoms with E-state index in [1.54, 1.807) is 6.20 Å². The average molecular weight is 321 g/mol. The van der Waals surface area contributed by atoms with E-state index in [1.165, 1.54) is 0 Å². The van der Waals surface area contributed by atoms with Crippen LogP contribution in [0.3, 0.4) is 0 Å². The minimum atomic E-state index is -0.0616. The van der Waals surface area contributed by atoms with Gasteiger partial charge >= 0.3 is 0 Å². The first-order valence-electron chi connectivity index (χ1n) is 7.66. The third-order valence-corrected chi connectivity index (χ3v) is 4.83. The van der Waals surface area contributed by atoms with Gasteiger partial charge in [-0.3, -0.25) is 4.98 Å². The Morgan fingerprint density at radius 3 is 2.86 bits per heavy atom. The molecule has 1 aliphatic rings. The highest BCUT2D eigenvalue weighted by Gasteiger charge is 2.31. The number of nitrogens with one attached hydrogen (secondary N) is 1. The Labute approximate surface area is 135 Å². The van der Waals surface area contributed by atoms with Crippen LogP contribution in [-0.4, -0.2) is 36.5 Å². The van der Waals surface area contributed by atoms with Crippen LogP contribution in [0.25, 0.3) is 10.9 Å². The fourth-order valence-corrected chi connectivity index (χ4v) is 3.21. The van der Waals surface area contributed by atoms with Crippen molar-refractivity contribution in [2.75, 3.05) is 26.4 Å². The molecule has 4 nitrogen and oxygen atoms in total. The van der Waals surface area contributed by atoms with Crippen molar-refractivity contribution in [2.45, 2.75) is 19.4 Å². The van der Waals surface area contributed by atoms with Crippen molar-refractivity contribution in [3.8, 4) is 0 Å². The van der Waals surface area contributed by atoms with Gasteiger partial charge in [0.1, 0.15) is 0 Å². The van der Waals surface area contributed by atoms with Gasteiger partial charge in [0, 0.05) is 48.3 Å². The Morgan fingerprint density at radius 2 is 2.09 bits per heavy atom. The lowest BCUT2D eigenvalue weighted by molar-refractivity contribution is -0.0154. The molecule has 0 amide bonds. The first-order chi connectivity index (χ1) is 10.7. The SMILES string of the molecule is OCC1(CNCc2ccc(Cl)c3cccnc23)CCOCC1. The maximum absolute atomic E-state index is 9.72. The zero-order valence-corrected chi connectivity index (χ0v) is 13.3. The lowest BCUT2D eigenvalue weighted by Gasteiger charge is -2.35. The van der Waals surface area contributed by atoms with Crippen molar-refractivity contribution in [3.05, 3.63) is 41.0 Å². The Morgan fingerprint density at radius 1 is 1.27 bits per heavy atom. The molecule has 1 aromatic carbocycles. The summed E-state index contributed by atoms with van der Waals surface area (Å²) in [6, 6.07) is 7.81. The van der Waals surface area contributed by atoms with E-state index in [9.17, 15) is 5.11 Å². The molecule has 0 spiro atoms. The van der Waals surface area contributed by atoms with Crippen LogP contribution in [-0.2, 0) is 11.3 Å². The summed E-state index contributed by atoms with van der Waals surface area (Å²) < 4.78 is 5.40. The van der Waals surface area contributed by atoms with E-state index in [0.29, 0.717) is 6.54 Å². The Kier molecular flexibility index (Phi) is 4.93. The molecule has 0 saturated carbocycles. The second kappa shape index (κ2) is 6.92. The van der Waals surface area contributed by atoms with Crippen molar-refractivity contribution >= 4 is 22.5 Å². The van der Waals surface area contributed by atoms with Crippen molar-refractivity contribution in [1.82, 2.24) is 10.3 Å². The average Bonchev–Trinajstić information content (AvgIpc) is 2.58. The fraction of sp³-hybridized carbons (Fsp3) is 0.471. The summed E-state index contributed by atoms with van der Waals surface area (Å²) in [5, 5.41) is 14.9. The van der Waals surface area contributed by atoms with E-state index >= 15 is 0 Å². The number of fused-ring (bicyclic) bond motifs is 1. The second-order valence-electron chi connectivity index (χ2n) is 5.98. The summed E-state index contributed by atoms with van der Waals surface area (Å²) >= 11 is 6.22. The topological polar surface area (TPSA) is 54.4 Å². The number of hydrogen-bond acceptors (Lipinski definition) is 4. The minimum Gasteiger partial charge on any atom is -0.396 e. The molecular formula is C17H21ClN2O2. The highest BCUT2D eigenvalue weighted by molar-refractivity contribution is 6.35. The van der Waals surface area contributed by atoms with Crippen LogP contribution in [0.5, 0.6) is 0 Å². The number of benzene rings is 1. The molecule has 2 N–H and O–H groups in total. The van der Waals surface area contributed by atoms with Gasteiger partial charge in [0.15, 0.2) is 0 Å². The Bertz CT molecular complexity index is 642. The molecule has 118 valence electrons. The van der Waals surface area contributed by atoms with Crippen LogP contribution in [0.4, 0.5) is 0 Å². The monoisotopic (exact) mass is 320 g/mol. The number of hydrogen-bond donors (Lipinski definition) is 2. The fourth-order valence-electron chi connectivity index (χ4n) is 3.00. The lowest BCUT2D eigenvalue weighted by Crippen LogP contribution is -2.41. The van der Waals surface area contributed by atoms with Gasteiger partial charge in [0.25, 0.3) is 0 Å². The number of nitrogens with zero attached hydrogens (tertiary/aromatic N) is 1. The normalized spacial score (nSPS) is 17.7. The molecule has 0 radical (unpaired) electrons. The number of pyridine rings is 1. The van der Waals surface area contributed by atoms with Gasteiger partial charge in [-0.05, 0) is 36.6 Å². The highest BCUT2D eigenvalue weighted by atomic mass is 35.5. The van der Waals surface area contributed by atoms with E-state index < -0.39 is 0 Å². The van der Waals surface area contributed by atoms with Gasteiger partial charge < -0.3 is 15.2 Å². The van der Waals surface area contributed by atoms with Crippen LogP contribution in [0.1, 0.15) is 18.4 Å². The standard InChI is InChI=1S/C17H21ClN2O2/c18-15-4-3-13(16-14(15)2-1-7-20-16)10-19-11-17(12-21)5-8-22-9-6-17/h1-4,7,19,21H,5-6,8-12H2. The number of aliphatic hydroxyl groups is 1. The van der Waals surface area contributed by atoms with Crippen molar-refractivity contribution in [3.63, 3.8) is 0 Å². The zero-order valence-electron chi connectivity index (χ0n) is 12.5.